The normalized spacial score (nSPS) is 18.1. The zero-order valence-electron chi connectivity index (χ0n) is 18.8. The molecule has 2 aromatic rings. The number of carbonyl (C=O) groups is 2. The first-order valence-corrected chi connectivity index (χ1v) is 11.0. The number of amides is 1. The second-order valence-corrected chi connectivity index (χ2v) is 9.01. The van der Waals surface area contributed by atoms with Crippen molar-refractivity contribution in [2.45, 2.75) is 19.9 Å². The van der Waals surface area contributed by atoms with Gasteiger partial charge in [0.25, 0.3) is 11.7 Å². The molecule has 0 radical (unpaired) electrons. The molecule has 0 saturated carbocycles. The van der Waals surface area contributed by atoms with E-state index >= 15 is 0 Å². The van der Waals surface area contributed by atoms with E-state index in [0.29, 0.717) is 47.5 Å². The number of ketones is 1. The van der Waals surface area contributed by atoms with Crippen LogP contribution in [0.25, 0.3) is 5.76 Å². The monoisotopic (exact) mass is 456 g/mol. The minimum absolute atomic E-state index is 0.0759. The molecular formula is C25H29ClN2O4. The third-order valence-electron chi connectivity index (χ3n) is 5.22. The Labute approximate surface area is 194 Å². The zero-order valence-corrected chi connectivity index (χ0v) is 19.6. The highest BCUT2D eigenvalue weighted by Gasteiger charge is 2.45. The zero-order chi connectivity index (χ0) is 23.4. The highest BCUT2D eigenvalue weighted by atomic mass is 35.5. The Morgan fingerprint density at radius 2 is 1.72 bits per heavy atom. The molecule has 1 unspecified atom stereocenters. The maximum absolute atomic E-state index is 13.0. The second kappa shape index (κ2) is 10.2. The molecule has 0 spiro atoms. The molecule has 32 heavy (non-hydrogen) atoms. The van der Waals surface area contributed by atoms with Gasteiger partial charge in [0.1, 0.15) is 11.5 Å². The van der Waals surface area contributed by atoms with E-state index in [2.05, 4.69) is 13.8 Å². The molecular weight excluding hydrogens is 428 g/mol. The summed E-state index contributed by atoms with van der Waals surface area (Å²) in [6.07, 6.45) is 0. The molecule has 0 aliphatic carbocycles. The van der Waals surface area contributed by atoms with Gasteiger partial charge in [0.2, 0.25) is 0 Å². The number of rotatable bonds is 8. The second-order valence-electron chi connectivity index (χ2n) is 8.58. The number of likely N-dealkylation sites (N-methyl/N-ethyl adjacent to an activating group) is 1. The third kappa shape index (κ3) is 5.31. The van der Waals surface area contributed by atoms with Crippen LogP contribution in [0.3, 0.4) is 0 Å². The summed E-state index contributed by atoms with van der Waals surface area (Å²) in [5.41, 5.74) is 1.24. The fraction of sp³-hybridized carbons (Fsp3) is 0.360. The first-order valence-electron chi connectivity index (χ1n) is 10.6. The van der Waals surface area contributed by atoms with Crippen molar-refractivity contribution in [3.05, 3.63) is 70.3 Å². The van der Waals surface area contributed by atoms with Crippen LogP contribution in [-0.2, 0) is 9.59 Å². The number of aliphatic hydroxyl groups excluding tert-OH is 1. The maximum Gasteiger partial charge on any atom is 0.295 e. The summed E-state index contributed by atoms with van der Waals surface area (Å²) in [6, 6.07) is 13.2. The molecule has 170 valence electrons. The molecule has 1 N–H and O–H groups in total. The van der Waals surface area contributed by atoms with Gasteiger partial charge in [-0.1, -0.05) is 37.6 Å². The van der Waals surface area contributed by atoms with E-state index in [0.717, 1.165) is 0 Å². The van der Waals surface area contributed by atoms with Gasteiger partial charge in [0.15, 0.2) is 0 Å². The van der Waals surface area contributed by atoms with Crippen molar-refractivity contribution >= 4 is 29.1 Å². The van der Waals surface area contributed by atoms with Gasteiger partial charge in [-0.05, 0) is 62.0 Å². The molecule has 1 saturated heterocycles. The molecule has 2 aromatic carbocycles. The van der Waals surface area contributed by atoms with Crippen molar-refractivity contribution in [1.29, 1.82) is 0 Å². The number of halogens is 1. The first kappa shape index (κ1) is 23.8. The van der Waals surface area contributed by atoms with E-state index in [1.807, 2.05) is 19.0 Å². The Kier molecular flexibility index (Phi) is 7.59. The minimum Gasteiger partial charge on any atom is -0.507 e. The molecule has 0 bridgehead atoms. The molecule has 6 nitrogen and oxygen atoms in total. The highest BCUT2D eigenvalue weighted by Crippen LogP contribution is 2.39. The van der Waals surface area contributed by atoms with Gasteiger partial charge in [0.05, 0.1) is 18.2 Å². The van der Waals surface area contributed by atoms with Crippen LogP contribution in [0.1, 0.15) is 31.0 Å². The molecule has 0 aromatic heterocycles. The predicted octanol–water partition coefficient (Wildman–Crippen LogP) is 4.36. The summed E-state index contributed by atoms with van der Waals surface area (Å²) >= 11 is 6.04. The van der Waals surface area contributed by atoms with Crippen molar-refractivity contribution in [1.82, 2.24) is 9.80 Å². The molecule has 1 heterocycles. The number of nitrogens with zero attached hydrogens (tertiary/aromatic N) is 2. The van der Waals surface area contributed by atoms with Crippen LogP contribution >= 0.6 is 11.6 Å². The largest absolute Gasteiger partial charge is 0.507 e. The minimum atomic E-state index is -0.693. The summed E-state index contributed by atoms with van der Waals surface area (Å²) in [6.45, 7) is 5.64. The van der Waals surface area contributed by atoms with Crippen LogP contribution in [0.2, 0.25) is 5.02 Å². The summed E-state index contributed by atoms with van der Waals surface area (Å²) in [7, 11) is 3.80. The number of likely N-dealkylation sites (tertiary alicyclic amines) is 1. The van der Waals surface area contributed by atoms with Crippen LogP contribution in [0.4, 0.5) is 0 Å². The molecule has 1 amide bonds. The topological polar surface area (TPSA) is 70.1 Å². The number of hydrogen-bond acceptors (Lipinski definition) is 5. The predicted molar refractivity (Wildman–Crippen MR) is 126 cm³/mol. The van der Waals surface area contributed by atoms with E-state index < -0.39 is 17.7 Å². The lowest BCUT2D eigenvalue weighted by atomic mass is 9.95. The Morgan fingerprint density at radius 1 is 1.09 bits per heavy atom. The molecule has 1 aliphatic heterocycles. The van der Waals surface area contributed by atoms with Gasteiger partial charge in [-0.3, -0.25) is 9.59 Å². The van der Waals surface area contributed by atoms with Gasteiger partial charge in [0, 0.05) is 23.7 Å². The number of carbonyl (C=O) groups excluding carboxylic acids is 2. The molecule has 1 fully saturated rings. The van der Waals surface area contributed by atoms with Crippen LogP contribution in [-0.4, -0.2) is 60.4 Å². The van der Waals surface area contributed by atoms with Crippen molar-refractivity contribution in [2.75, 3.05) is 33.8 Å². The third-order valence-corrected chi connectivity index (χ3v) is 5.48. The number of ether oxygens (including phenoxy) is 1. The number of benzene rings is 2. The van der Waals surface area contributed by atoms with Gasteiger partial charge in [-0.15, -0.1) is 0 Å². The lowest BCUT2D eigenvalue weighted by Gasteiger charge is -2.26. The molecule has 7 heteroatoms. The lowest BCUT2D eigenvalue weighted by molar-refractivity contribution is -0.140. The van der Waals surface area contributed by atoms with Crippen molar-refractivity contribution in [3.8, 4) is 5.75 Å². The van der Waals surface area contributed by atoms with Crippen LogP contribution in [0.5, 0.6) is 5.75 Å². The van der Waals surface area contributed by atoms with Gasteiger partial charge in [-0.25, -0.2) is 0 Å². The Hall–Kier alpha value is -2.83. The highest BCUT2D eigenvalue weighted by molar-refractivity contribution is 6.46. The number of aliphatic hydroxyl groups is 1. The number of hydrogen-bond donors (Lipinski definition) is 1. The Bertz CT molecular complexity index is 998. The quantitative estimate of drug-likeness (QED) is 0.363. The van der Waals surface area contributed by atoms with E-state index in [-0.39, 0.29) is 11.3 Å². The smallest absolute Gasteiger partial charge is 0.295 e. The van der Waals surface area contributed by atoms with Gasteiger partial charge < -0.3 is 19.6 Å². The summed E-state index contributed by atoms with van der Waals surface area (Å²) < 4.78 is 5.69. The SMILES string of the molecule is CC(C)COc1ccc(C(O)=C2C(=O)C(=O)N(CCN(C)C)C2c2ccc(Cl)cc2)cc1. The average molecular weight is 457 g/mol. The van der Waals surface area contributed by atoms with Crippen molar-refractivity contribution in [3.63, 3.8) is 0 Å². The van der Waals surface area contributed by atoms with Crippen LogP contribution < -0.4 is 4.74 Å². The molecule has 1 atom stereocenters. The van der Waals surface area contributed by atoms with E-state index in [1.165, 1.54) is 4.90 Å². The molecule has 1 aliphatic rings. The summed E-state index contributed by atoms with van der Waals surface area (Å²) in [5, 5.41) is 11.7. The maximum atomic E-state index is 13.0. The average Bonchev–Trinajstić information content (AvgIpc) is 3.01. The van der Waals surface area contributed by atoms with E-state index in [4.69, 9.17) is 16.3 Å². The fourth-order valence-corrected chi connectivity index (χ4v) is 3.66. The van der Waals surface area contributed by atoms with Crippen molar-refractivity contribution < 1.29 is 19.4 Å². The van der Waals surface area contributed by atoms with Gasteiger partial charge >= 0.3 is 0 Å². The van der Waals surface area contributed by atoms with E-state index in [1.54, 1.807) is 48.5 Å². The first-order chi connectivity index (χ1) is 15.2. The lowest BCUT2D eigenvalue weighted by Crippen LogP contribution is -2.35. The summed E-state index contributed by atoms with van der Waals surface area (Å²) in [5.74, 6) is -0.450. The standard InChI is InChI=1S/C25H29ClN2O4/c1-16(2)15-32-20-11-7-18(8-12-20)23(29)21-22(17-5-9-19(26)10-6-17)28(14-13-27(3)4)25(31)24(21)30/h5-12,16,22,29H,13-15H2,1-4H3. The van der Waals surface area contributed by atoms with E-state index in [9.17, 15) is 14.7 Å². The molecule has 3 rings (SSSR count). The van der Waals surface area contributed by atoms with Crippen molar-refractivity contribution in [2.24, 2.45) is 5.92 Å². The fourth-order valence-electron chi connectivity index (χ4n) is 3.54. The Morgan fingerprint density at radius 3 is 2.28 bits per heavy atom. The Balaban J connectivity index is 2.02. The van der Waals surface area contributed by atoms with Crippen LogP contribution in [0.15, 0.2) is 54.1 Å². The van der Waals surface area contributed by atoms with Crippen LogP contribution in [0, 0.1) is 5.92 Å². The van der Waals surface area contributed by atoms with Gasteiger partial charge in [-0.2, -0.15) is 0 Å². The number of Topliss-reactive ketones (excluding diaryl/α,β-unsaturated/α-hetero) is 1. The summed E-state index contributed by atoms with van der Waals surface area (Å²) in [4.78, 5) is 29.3.